The van der Waals surface area contributed by atoms with Crippen LogP contribution in [0.15, 0.2) is 54.6 Å². The van der Waals surface area contributed by atoms with Gasteiger partial charge >= 0.3 is 0 Å². The number of halogens is 1. The van der Waals surface area contributed by atoms with E-state index in [1.807, 2.05) is 30.3 Å². The number of carbonyl (C=O) groups is 1. The molecule has 0 aliphatic heterocycles. The summed E-state index contributed by atoms with van der Waals surface area (Å²) in [6.45, 7) is 0.351. The zero-order valence-corrected chi connectivity index (χ0v) is 9.75. The van der Waals surface area contributed by atoms with Gasteiger partial charge in [0.1, 0.15) is 12.4 Å². The van der Waals surface area contributed by atoms with Crippen molar-refractivity contribution in [3.05, 3.63) is 65.7 Å². The number of aldehydes is 1. The van der Waals surface area contributed by atoms with Crippen molar-refractivity contribution >= 4 is 6.29 Å². The zero-order valence-electron chi connectivity index (χ0n) is 9.75. The molecule has 2 aromatic carbocycles. The summed E-state index contributed by atoms with van der Waals surface area (Å²) in [6, 6.07) is 16.2. The zero-order chi connectivity index (χ0) is 12.8. The molecule has 0 aliphatic rings. The Labute approximate surface area is 105 Å². The smallest absolute Gasteiger partial charge is 0.184 e. The Morgan fingerprint density at radius 1 is 1.06 bits per heavy atom. The molecule has 0 aromatic heterocycles. The summed E-state index contributed by atoms with van der Waals surface area (Å²) in [4.78, 5) is 10.5. The number of ether oxygens (including phenoxy) is 1. The third-order valence-electron chi connectivity index (χ3n) is 2.57. The van der Waals surface area contributed by atoms with E-state index in [1.165, 1.54) is 0 Å². The molecule has 0 heterocycles. The lowest BCUT2D eigenvalue weighted by molar-refractivity contribution is -0.112. The van der Waals surface area contributed by atoms with Crippen molar-refractivity contribution in [2.24, 2.45) is 0 Å². The molecular weight excluding hydrogens is 231 g/mol. The highest BCUT2D eigenvalue weighted by atomic mass is 19.1. The Bertz CT molecular complexity index is 511. The predicted molar refractivity (Wildman–Crippen MR) is 67.1 cm³/mol. The first-order valence-corrected chi connectivity index (χ1v) is 5.66. The molecule has 0 spiro atoms. The van der Waals surface area contributed by atoms with E-state index in [1.54, 1.807) is 24.3 Å². The summed E-state index contributed by atoms with van der Waals surface area (Å²) >= 11 is 0. The lowest BCUT2D eigenvalue weighted by Crippen LogP contribution is -2.01. The molecule has 0 amide bonds. The van der Waals surface area contributed by atoms with E-state index in [-0.39, 0.29) is 11.8 Å². The van der Waals surface area contributed by atoms with Gasteiger partial charge in [0.05, 0.1) is 0 Å². The minimum atomic E-state index is -1.64. The molecule has 18 heavy (non-hydrogen) atoms. The van der Waals surface area contributed by atoms with Crippen LogP contribution in [0.25, 0.3) is 0 Å². The van der Waals surface area contributed by atoms with Crippen LogP contribution in [0.3, 0.4) is 0 Å². The average Bonchev–Trinajstić information content (AvgIpc) is 2.45. The van der Waals surface area contributed by atoms with Gasteiger partial charge < -0.3 is 4.74 Å². The SMILES string of the molecule is O=CC(F)c1ccccc1OCc1ccccc1. The third kappa shape index (κ3) is 2.94. The molecule has 1 unspecified atom stereocenters. The van der Waals surface area contributed by atoms with Gasteiger partial charge in [-0.1, -0.05) is 48.5 Å². The number of benzene rings is 2. The molecule has 0 fully saturated rings. The molecule has 2 nitrogen and oxygen atoms in total. The van der Waals surface area contributed by atoms with Gasteiger partial charge in [-0.05, 0) is 11.6 Å². The topological polar surface area (TPSA) is 26.3 Å². The maximum absolute atomic E-state index is 13.4. The lowest BCUT2D eigenvalue weighted by Gasteiger charge is -2.11. The van der Waals surface area contributed by atoms with E-state index in [0.29, 0.717) is 12.4 Å². The maximum atomic E-state index is 13.4. The van der Waals surface area contributed by atoms with Gasteiger partial charge in [0, 0.05) is 5.56 Å². The van der Waals surface area contributed by atoms with Crippen LogP contribution in [0.5, 0.6) is 5.75 Å². The first-order valence-electron chi connectivity index (χ1n) is 5.66. The fraction of sp³-hybridized carbons (Fsp3) is 0.133. The Morgan fingerprint density at radius 3 is 2.44 bits per heavy atom. The second-order valence-corrected chi connectivity index (χ2v) is 3.85. The molecule has 0 radical (unpaired) electrons. The van der Waals surface area contributed by atoms with Crippen LogP contribution in [0, 0.1) is 0 Å². The Balaban J connectivity index is 2.12. The maximum Gasteiger partial charge on any atom is 0.184 e. The number of rotatable bonds is 5. The number of hydrogen-bond acceptors (Lipinski definition) is 2. The number of hydrogen-bond donors (Lipinski definition) is 0. The molecule has 92 valence electrons. The summed E-state index contributed by atoms with van der Waals surface area (Å²) in [5, 5.41) is 0. The summed E-state index contributed by atoms with van der Waals surface area (Å²) in [7, 11) is 0. The summed E-state index contributed by atoms with van der Waals surface area (Å²) < 4.78 is 18.9. The molecule has 1 atom stereocenters. The van der Waals surface area contributed by atoms with Crippen LogP contribution in [0.1, 0.15) is 17.3 Å². The first-order chi connectivity index (χ1) is 8.81. The second-order valence-electron chi connectivity index (χ2n) is 3.85. The molecule has 0 bridgehead atoms. The van der Waals surface area contributed by atoms with Crippen LogP contribution in [0.2, 0.25) is 0 Å². The van der Waals surface area contributed by atoms with Crippen molar-refractivity contribution in [2.45, 2.75) is 12.8 Å². The van der Waals surface area contributed by atoms with E-state index < -0.39 is 6.17 Å². The summed E-state index contributed by atoms with van der Waals surface area (Å²) in [6.07, 6.45) is -1.37. The fourth-order valence-corrected chi connectivity index (χ4v) is 1.65. The van der Waals surface area contributed by atoms with Crippen LogP contribution >= 0.6 is 0 Å². The van der Waals surface area contributed by atoms with Crippen LogP contribution in [0.4, 0.5) is 4.39 Å². The minimum absolute atomic E-state index is 0.267. The Hall–Kier alpha value is -2.16. The molecule has 3 heteroatoms. The van der Waals surface area contributed by atoms with E-state index in [4.69, 9.17) is 4.74 Å². The lowest BCUT2D eigenvalue weighted by atomic mass is 10.1. The van der Waals surface area contributed by atoms with E-state index >= 15 is 0 Å². The van der Waals surface area contributed by atoms with Crippen molar-refractivity contribution in [2.75, 3.05) is 0 Å². The summed E-state index contributed by atoms with van der Waals surface area (Å²) in [5.41, 5.74) is 1.26. The van der Waals surface area contributed by atoms with Gasteiger partial charge in [0.2, 0.25) is 0 Å². The highest BCUT2D eigenvalue weighted by Gasteiger charge is 2.13. The fourth-order valence-electron chi connectivity index (χ4n) is 1.65. The van der Waals surface area contributed by atoms with Crippen molar-refractivity contribution in [3.63, 3.8) is 0 Å². The van der Waals surface area contributed by atoms with Gasteiger partial charge in [-0.2, -0.15) is 0 Å². The summed E-state index contributed by atoms with van der Waals surface area (Å²) in [5.74, 6) is 0.404. The molecule has 2 aromatic rings. The standard InChI is InChI=1S/C15H13FO2/c16-14(10-17)13-8-4-5-9-15(13)18-11-12-6-2-1-3-7-12/h1-10,14H,11H2. The third-order valence-corrected chi connectivity index (χ3v) is 2.57. The van der Waals surface area contributed by atoms with Gasteiger partial charge in [0.25, 0.3) is 0 Å². The Morgan fingerprint density at radius 2 is 1.72 bits per heavy atom. The van der Waals surface area contributed by atoms with Crippen LogP contribution < -0.4 is 4.74 Å². The van der Waals surface area contributed by atoms with Crippen molar-refractivity contribution in [3.8, 4) is 5.75 Å². The van der Waals surface area contributed by atoms with Gasteiger partial charge in [-0.25, -0.2) is 4.39 Å². The minimum Gasteiger partial charge on any atom is -0.488 e. The number of para-hydroxylation sites is 1. The largest absolute Gasteiger partial charge is 0.488 e. The molecule has 0 saturated heterocycles. The predicted octanol–water partition coefficient (Wildman–Crippen LogP) is 3.48. The highest BCUT2D eigenvalue weighted by Crippen LogP contribution is 2.26. The molecular formula is C15H13FO2. The second kappa shape index (κ2) is 5.96. The number of alkyl halides is 1. The molecule has 0 N–H and O–H groups in total. The normalized spacial score (nSPS) is 11.8. The Kier molecular flexibility index (Phi) is 4.07. The molecule has 0 saturated carbocycles. The average molecular weight is 244 g/mol. The van der Waals surface area contributed by atoms with Crippen molar-refractivity contribution in [1.29, 1.82) is 0 Å². The van der Waals surface area contributed by atoms with Crippen LogP contribution in [-0.4, -0.2) is 6.29 Å². The van der Waals surface area contributed by atoms with Crippen molar-refractivity contribution in [1.82, 2.24) is 0 Å². The molecule has 2 rings (SSSR count). The number of carbonyl (C=O) groups excluding carboxylic acids is 1. The van der Waals surface area contributed by atoms with Crippen LogP contribution in [-0.2, 0) is 11.4 Å². The first kappa shape index (κ1) is 12.3. The van der Waals surface area contributed by atoms with Gasteiger partial charge in [0.15, 0.2) is 12.5 Å². The van der Waals surface area contributed by atoms with Gasteiger partial charge in [-0.3, -0.25) is 4.79 Å². The van der Waals surface area contributed by atoms with Crippen molar-refractivity contribution < 1.29 is 13.9 Å². The van der Waals surface area contributed by atoms with E-state index in [0.717, 1.165) is 5.56 Å². The van der Waals surface area contributed by atoms with Gasteiger partial charge in [-0.15, -0.1) is 0 Å². The quantitative estimate of drug-likeness (QED) is 0.753. The molecule has 0 aliphatic carbocycles. The van der Waals surface area contributed by atoms with E-state index in [9.17, 15) is 9.18 Å². The highest BCUT2D eigenvalue weighted by molar-refractivity contribution is 5.62. The van der Waals surface area contributed by atoms with E-state index in [2.05, 4.69) is 0 Å². The monoisotopic (exact) mass is 244 g/mol.